The Bertz CT molecular complexity index is 781. The van der Waals surface area contributed by atoms with E-state index in [1.54, 1.807) is 0 Å². The molecule has 9 heteroatoms. The summed E-state index contributed by atoms with van der Waals surface area (Å²) >= 11 is 5.52. The van der Waals surface area contributed by atoms with E-state index in [9.17, 15) is 13.2 Å². The van der Waals surface area contributed by atoms with E-state index in [1.165, 1.54) is 11.2 Å². The number of carbonyl (C=O) groups is 1. The first-order valence-corrected chi connectivity index (χ1v) is 9.41. The van der Waals surface area contributed by atoms with Crippen LogP contribution in [0.5, 0.6) is 0 Å². The molecule has 2 heterocycles. The summed E-state index contributed by atoms with van der Waals surface area (Å²) < 4.78 is 28.1. The topological polar surface area (TPSA) is 70.2 Å². The van der Waals surface area contributed by atoms with Crippen LogP contribution in [0.2, 0.25) is 0 Å². The van der Waals surface area contributed by atoms with Crippen LogP contribution in [0.15, 0.2) is 24.3 Å². The fourth-order valence-electron chi connectivity index (χ4n) is 3.02. The molecule has 1 fully saturated rings. The van der Waals surface area contributed by atoms with Crippen molar-refractivity contribution in [2.24, 2.45) is 0 Å². The van der Waals surface area contributed by atoms with Crippen LogP contribution in [0.25, 0.3) is 0 Å². The number of likely N-dealkylation sites (N-methyl/N-ethyl adjacent to an activating group) is 1. The van der Waals surface area contributed by atoms with Crippen molar-refractivity contribution in [1.82, 2.24) is 13.7 Å². The van der Waals surface area contributed by atoms with Gasteiger partial charge in [0.15, 0.2) is 0 Å². The van der Waals surface area contributed by atoms with Crippen molar-refractivity contribution >= 4 is 33.4 Å². The smallest absolute Gasteiger partial charge is 0.323 e. The largest absolute Gasteiger partial charge is 0.366 e. The molecule has 3 rings (SSSR count). The SMILES string of the molecule is CC(=O)ON1CCN(C)C(=S)C2Cc3ccccc3CN2S1(=O)=O. The number of hydroxylamine groups is 1. The zero-order valence-corrected chi connectivity index (χ0v) is 15.1. The summed E-state index contributed by atoms with van der Waals surface area (Å²) in [7, 11) is -2.14. The minimum Gasteiger partial charge on any atom is -0.366 e. The van der Waals surface area contributed by atoms with Crippen molar-refractivity contribution in [2.45, 2.75) is 25.9 Å². The third-order valence-electron chi connectivity index (χ3n) is 4.27. The number of rotatable bonds is 1. The molecule has 1 atom stereocenters. The molecule has 1 aromatic rings. The molecule has 1 aromatic carbocycles. The van der Waals surface area contributed by atoms with Crippen LogP contribution in [0.1, 0.15) is 18.1 Å². The first-order valence-electron chi connectivity index (χ1n) is 7.60. The fourth-order valence-corrected chi connectivity index (χ4v) is 4.93. The van der Waals surface area contributed by atoms with Crippen molar-refractivity contribution in [3.05, 3.63) is 35.4 Å². The van der Waals surface area contributed by atoms with Crippen molar-refractivity contribution in [3.63, 3.8) is 0 Å². The maximum atomic E-state index is 13.0. The number of thiocarbonyl (C=S) groups is 1. The molecule has 2 aliphatic rings. The molecule has 0 saturated carbocycles. The first-order chi connectivity index (χ1) is 11.3. The van der Waals surface area contributed by atoms with Gasteiger partial charge in [-0.25, -0.2) is 0 Å². The van der Waals surface area contributed by atoms with Gasteiger partial charge >= 0.3 is 16.2 Å². The second kappa shape index (κ2) is 6.40. The van der Waals surface area contributed by atoms with Crippen molar-refractivity contribution in [2.75, 3.05) is 20.1 Å². The lowest BCUT2D eigenvalue weighted by Gasteiger charge is -2.42. The van der Waals surface area contributed by atoms with E-state index >= 15 is 0 Å². The Morgan fingerprint density at radius 2 is 1.92 bits per heavy atom. The quantitative estimate of drug-likeness (QED) is 0.679. The summed E-state index contributed by atoms with van der Waals surface area (Å²) in [6.45, 7) is 1.78. The monoisotopic (exact) mass is 369 g/mol. The Labute approximate surface area is 146 Å². The Kier molecular flexibility index (Phi) is 4.60. The van der Waals surface area contributed by atoms with Gasteiger partial charge in [0, 0.05) is 27.1 Å². The predicted molar refractivity (Wildman–Crippen MR) is 92.1 cm³/mol. The molecule has 1 unspecified atom stereocenters. The van der Waals surface area contributed by atoms with Gasteiger partial charge in [-0.15, -0.1) is 0 Å². The highest BCUT2D eigenvalue weighted by molar-refractivity contribution is 7.86. The van der Waals surface area contributed by atoms with Crippen LogP contribution in [0.3, 0.4) is 0 Å². The van der Waals surface area contributed by atoms with Crippen LogP contribution in [0, 0.1) is 0 Å². The van der Waals surface area contributed by atoms with E-state index in [2.05, 4.69) is 0 Å². The highest BCUT2D eigenvalue weighted by Gasteiger charge is 2.44. The summed E-state index contributed by atoms with van der Waals surface area (Å²) in [5.41, 5.74) is 2.02. The molecular formula is C15H19N3O4S2. The lowest BCUT2D eigenvalue weighted by molar-refractivity contribution is -0.167. The molecular weight excluding hydrogens is 350 g/mol. The van der Waals surface area contributed by atoms with Crippen LogP contribution >= 0.6 is 12.2 Å². The highest BCUT2D eigenvalue weighted by Crippen LogP contribution is 2.30. The van der Waals surface area contributed by atoms with Crippen LogP contribution < -0.4 is 0 Å². The third-order valence-corrected chi connectivity index (χ3v) is 6.60. The van der Waals surface area contributed by atoms with Gasteiger partial charge in [0.05, 0.1) is 17.6 Å². The summed E-state index contributed by atoms with van der Waals surface area (Å²) in [5, 5.41) is 0. The number of fused-ring (bicyclic) bond motifs is 2. The van der Waals surface area contributed by atoms with Crippen molar-refractivity contribution < 1.29 is 18.0 Å². The maximum absolute atomic E-state index is 13.0. The lowest BCUT2D eigenvalue weighted by atomic mass is 9.95. The van der Waals surface area contributed by atoms with Crippen molar-refractivity contribution in [3.8, 4) is 0 Å². The van der Waals surface area contributed by atoms with Gasteiger partial charge in [-0.1, -0.05) is 36.5 Å². The molecule has 0 amide bonds. The van der Waals surface area contributed by atoms with Gasteiger partial charge in [0.25, 0.3) is 0 Å². The summed E-state index contributed by atoms with van der Waals surface area (Å²) in [6, 6.07) is 7.24. The van der Waals surface area contributed by atoms with Crippen LogP contribution in [0.4, 0.5) is 0 Å². The zero-order chi connectivity index (χ0) is 17.5. The molecule has 7 nitrogen and oxygen atoms in total. The highest BCUT2D eigenvalue weighted by atomic mass is 32.2. The third kappa shape index (κ3) is 3.04. The van der Waals surface area contributed by atoms with Gasteiger partial charge in [-0.3, -0.25) is 4.79 Å². The number of nitrogens with zero attached hydrogens (tertiary/aromatic N) is 3. The molecule has 130 valence electrons. The average molecular weight is 369 g/mol. The molecule has 0 aliphatic carbocycles. The Hall–Kier alpha value is -1.55. The first kappa shape index (κ1) is 17.3. The van der Waals surface area contributed by atoms with Gasteiger partial charge in [-0.2, -0.15) is 12.7 Å². The Balaban J connectivity index is 2.05. The molecule has 0 aromatic heterocycles. The van der Waals surface area contributed by atoms with E-state index in [4.69, 9.17) is 17.1 Å². The van der Waals surface area contributed by atoms with Gasteiger partial charge in [0.1, 0.15) is 0 Å². The number of hydrogen-bond donors (Lipinski definition) is 0. The maximum Gasteiger partial charge on any atom is 0.323 e. The zero-order valence-electron chi connectivity index (χ0n) is 13.5. The van der Waals surface area contributed by atoms with E-state index < -0.39 is 22.2 Å². The summed E-state index contributed by atoms with van der Waals surface area (Å²) in [4.78, 5) is 18.7. The Morgan fingerprint density at radius 3 is 2.58 bits per heavy atom. The number of carbonyl (C=O) groups excluding carboxylic acids is 1. The molecule has 1 saturated heterocycles. The van der Waals surface area contributed by atoms with Gasteiger partial charge in [-0.05, 0) is 22.0 Å². The minimum absolute atomic E-state index is 0.0312. The van der Waals surface area contributed by atoms with Crippen LogP contribution in [-0.2, 0) is 32.8 Å². The molecule has 0 spiro atoms. The van der Waals surface area contributed by atoms with E-state index in [0.29, 0.717) is 18.0 Å². The van der Waals surface area contributed by atoms with E-state index in [1.807, 2.05) is 36.2 Å². The normalized spacial score (nSPS) is 24.5. The summed E-state index contributed by atoms with van der Waals surface area (Å²) in [5.74, 6) is -0.668. The lowest BCUT2D eigenvalue weighted by Crippen LogP contribution is -2.59. The molecule has 2 aliphatic heterocycles. The average Bonchev–Trinajstić information content (AvgIpc) is 2.55. The van der Waals surface area contributed by atoms with E-state index in [-0.39, 0.29) is 13.1 Å². The van der Waals surface area contributed by atoms with Gasteiger partial charge in [0.2, 0.25) is 0 Å². The second-order valence-corrected chi connectivity index (χ2v) is 8.10. The molecule has 0 N–H and O–H groups in total. The number of benzene rings is 1. The van der Waals surface area contributed by atoms with Crippen molar-refractivity contribution in [1.29, 1.82) is 0 Å². The van der Waals surface area contributed by atoms with Gasteiger partial charge < -0.3 is 9.74 Å². The fraction of sp³-hybridized carbons (Fsp3) is 0.467. The predicted octanol–water partition coefficient (Wildman–Crippen LogP) is 0.711. The number of hydrogen-bond acceptors (Lipinski definition) is 5. The molecule has 0 radical (unpaired) electrons. The van der Waals surface area contributed by atoms with Crippen LogP contribution in [-0.4, -0.2) is 59.2 Å². The minimum atomic E-state index is -3.97. The summed E-state index contributed by atoms with van der Waals surface area (Å²) in [6.07, 6.45) is 0.506. The second-order valence-electron chi connectivity index (χ2n) is 5.91. The standard InChI is InChI=1S/C15H19N3O4S2/c1-11(19)22-18-8-7-16(2)15(23)14-9-12-5-3-4-6-13(12)10-17(14)24(18,20)21/h3-6,14H,7-10H2,1-2H3. The molecule has 0 bridgehead atoms. The molecule has 24 heavy (non-hydrogen) atoms. The van der Waals surface area contributed by atoms with E-state index in [0.717, 1.165) is 15.6 Å². The Morgan fingerprint density at radius 1 is 1.25 bits per heavy atom.